The van der Waals surface area contributed by atoms with Gasteiger partial charge < -0.3 is 9.64 Å². The standard InChI is InChI=1S/C19H32N2O2/c1-5-14-23-15-9-19(22)21-12-10-20(11-13-21)16-18(6-2)8-7-17(3)4/h6-8H,2,5,9-16H2,1,3-4H3/b18-8+. The number of allylic oxidation sites excluding steroid dienone is 3. The summed E-state index contributed by atoms with van der Waals surface area (Å²) in [5.74, 6) is 0.213. The predicted octanol–water partition coefficient (Wildman–Crippen LogP) is 3.03. The van der Waals surface area contributed by atoms with E-state index in [0.717, 1.165) is 45.8 Å². The van der Waals surface area contributed by atoms with E-state index >= 15 is 0 Å². The minimum Gasteiger partial charge on any atom is -0.381 e. The summed E-state index contributed by atoms with van der Waals surface area (Å²) in [5.41, 5.74) is 2.50. The second kappa shape index (κ2) is 11.2. The molecule has 0 aromatic heterocycles. The van der Waals surface area contributed by atoms with Gasteiger partial charge in [0.15, 0.2) is 0 Å². The minimum atomic E-state index is 0.213. The van der Waals surface area contributed by atoms with E-state index < -0.39 is 0 Å². The topological polar surface area (TPSA) is 32.8 Å². The average Bonchev–Trinajstić information content (AvgIpc) is 2.55. The maximum atomic E-state index is 12.1. The van der Waals surface area contributed by atoms with Gasteiger partial charge in [-0.3, -0.25) is 9.69 Å². The molecule has 1 aliphatic heterocycles. The molecule has 0 bridgehead atoms. The number of ether oxygens (including phenoxy) is 1. The molecule has 1 amide bonds. The molecule has 23 heavy (non-hydrogen) atoms. The summed E-state index contributed by atoms with van der Waals surface area (Å²) >= 11 is 0. The SMILES string of the molecule is C=C/C(=C\C=C(C)C)CN1CCN(C(=O)CCOCCC)CC1. The zero-order valence-electron chi connectivity index (χ0n) is 15.0. The van der Waals surface area contributed by atoms with E-state index in [0.29, 0.717) is 13.0 Å². The first kappa shape index (κ1) is 19.7. The Bertz CT molecular complexity index is 429. The first-order valence-corrected chi connectivity index (χ1v) is 8.61. The van der Waals surface area contributed by atoms with Gasteiger partial charge in [0.2, 0.25) is 5.91 Å². The predicted molar refractivity (Wildman–Crippen MR) is 96.5 cm³/mol. The van der Waals surface area contributed by atoms with Crippen LogP contribution >= 0.6 is 0 Å². The smallest absolute Gasteiger partial charge is 0.224 e. The molecule has 0 atom stereocenters. The largest absolute Gasteiger partial charge is 0.381 e. The van der Waals surface area contributed by atoms with Gasteiger partial charge in [0.25, 0.3) is 0 Å². The molecule has 0 aromatic carbocycles. The number of rotatable bonds is 9. The van der Waals surface area contributed by atoms with Crippen molar-refractivity contribution >= 4 is 5.91 Å². The Labute approximate surface area is 141 Å². The summed E-state index contributed by atoms with van der Waals surface area (Å²) in [4.78, 5) is 16.5. The fourth-order valence-electron chi connectivity index (χ4n) is 2.44. The summed E-state index contributed by atoms with van der Waals surface area (Å²) < 4.78 is 5.40. The number of piperazine rings is 1. The van der Waals surface area contributed by atoms with Gasteiger partial charge in [-0.15, -0.1) is 0 Å². The van der Waals surface area contributed by atoms with Gasteiger partial charge in [0, 0.05) is 39.3 Å². The molecule has 4 nitrogen and oxygen atoms in total. The number of carbonyl (C=O) groups is 1. The lowest BCUT2D eigenvalue weighted by atomic mass is 10.2. The van der Waals surface area contributed by atoms with Crippen molar-refractivity contribution in [1.82, 2.24) is 9.80 Å². The van der Waals surface area contributed by atoms with Crippen molar-refractivity contribution in [2.75, 3.05) is 45.9 Å². The highest BCUT2D eigenvalue weighted by molar-refractivity contribution is 5.76. The molecule has 4 heteroatoms. The third-order valence-electron chi connectivity index (χ3n) is 3.83. The van der Waals surface area contributed by atoms with Crippen LogP contribution in [0.25, 0.3) is 0 Å². The highest BCUT2D eigenvalue weighted by Gasteiger charge is 2.20. The van der Waals surface area contributed by atoms with E-state index in [1.165, 1.54) is 11.1 Å². The van der Waals surface area contributed by atoms with Crippen molar-refractivity contribution in [2.45, 2.75) is 33.6 Å². The molecule has 1 saturated heterocycles. The van der Waals surface area contributed by atoms with E-state index in [1.807, 2.05) is 11.0 Å². The summed E-state index contributed by atoms with van der Waals surface area (Å²) in [6.45, 7) is 15.8. The molecule has 130 valence electrons. The van der Waals surface area contributed by atoms with E-state index in [2.05, 4.69) is 44.4 Å². The molecule has 1 fully saturated rings. The van der Waals surface area contributed by atoms with Gasteiger partial charge in [-0.05, 0) is 25.8 Å². The highest BCUT2D eigenvalue weighted by Crippen LogP contribution is 2.08. The lowest BCUT2D eigenvalue weighted by Crippen LogP contribution is -2.49. The summed E-state index contributed by atoms with van der Waals surface area (Å²) in [5, 5.41) is 0. The van der Waals surface area contributed by atoms with Crippen LogP contribution in [0.15, 0.2) is 36.0 Å². The molecular weight excluding hydrogens is 288 g/mol. The molecule has 1 heterocycles. The Balaban J connectivity index is 2.34. The van der Waals surface area contributed by atoms with Gasteiger partial charge in [-0.2, -0.15) is 0 Å². The monoisotopic (exact) mass is 320 g/mol. The van der Waals surface area contributed by atoms with Crippen LogP contribution in [0.3, 0.4) is 0 Å². The fourth-order valence-corrected chi connectivity index (χ4v) is 2.44. The zero-order chi connectivity index (χ0) is 17.1. The van der Waals surface area contributed by atoms with Crippen molar-refractivity contribution in [3.63, 3.8) is 0 Å². The molecule has 0 N–H and O–H groups in total. The lowest BCUT2D eigenvalue weighted by Gasteiger charge is -2.35. The van der Waals surface area contributed by atoms with Crippen LogP contribution in [0.5, 0.6) is 0 Å². The van der Waals surface area contributed by atoms with Crippen molar-refractivity contribution in [1.29, 1.82) is 0 Å². The molecule has 1 aliphatic rings. The van der Waals surface area contributed by atoms with Crippen LogP contribution in [-0.2, 0) is 9.53 Å². The van der Waals surface area contributed by atoms with Gasteiger partial charge in [-0.25, -0.2) is 0 Å². The van der Waals surface area contributed by atoms with Crippen LogP contribution in [-0.4, -0.2) is 61.6 Å². The Kier molecular flexibility index (Phi) is 9.57. The quantitative estimate of drug-likeness (QED) is 0.483. The van der Waals surface area contributed by atoms with Crippen LogP contribution < -0.4 is 0 Å². The van der Waals surface area contributed by atoms with Crippen LogP contribution in [0.4, 0.5) is 0 Å². The Morgan fingerprint density at radius 2 is 1.83 bits per heavy atom. The summed E-state index contributed by atoms with van der Waals surface area (Å²) in [6, 6.07) is 0. The second-order valence-corrected chi connectivity index (χ2v) is 6.21. The summed E-state index contributed by atoms with van der Waals surface area (Å²) in [7, 11) is 0. The van der Waals surface area contributed by atoms with Crippen LogP contribution in [0.1, 0.15) is 33.6 Å². The Hall–Kier alpha value is -1.39. The Morgan fingerprint density at radius 3 is 2.39 bits per heavy atom. The maximum absolute atomic E-state index is 12.1. The molecule has 0 aliphatic carbocycles. The van der Waals surface area contributed by atoms with Crippen molar-refractivity contribution in [2.24, 2.45) is 0 Å². The van der Waals surface area contributed by atoms with Crippen molar-refractivity contribution in [3.8, 4) is 0 Å². The highest BCUT2D eigenvalue weighted by atomic mass is 16.5. The molecule has 0 aromatic rings. The Morgan fingerprint density at radius 1 is 1.13 bits per heavy atom. The fraction of sp³-hybridized carbons (Fsp3) is 0.632. The summed E-state index contributed by atoms with van der Waals surface area (Å²) in [6.07, 6.45) is 7.66. The minimum absolute atomic E-state index is 0.213. The molecule has 0 spiro atoms. The average molecular weight is 320 g/mol. The van der Waals surface area contributed by atoms with Gasteiger partial charge in [0.1, 0.15) is 0 Å². The van der Waals surface area contributed by atoms with E-state index in [1.54, 1.807) is 0 Å². The van der Waals surface area contributed by atoms with E-state index in [9.17, 15) is 4.79 Å². The third kappa shape index (κ3) is 8.14. The number of hydrogen-bond acceptors (Lipinski definition) is 3. The number of amides is 1. The normalized spacial score (nSPS) is 16.3. The van der Waals surface area contributed by atoms with Crippen molar-refractivity contribution in [3.05, 3.63) is 36.0 Å². The number of nitrogens with zero attached hydrogens (tertiary/aromatic N) is 2. The first-order chi connectivity index (χ1) is 11.1. The molecule has 0 saturated carbocycles. The van der Waals surface area contributed by atoms with Crippen LogP contribution in [0.2, 0.25) is 0 Å². The number of hydrogen-bond donors (Lipinski definition) is 0. The van der Waals surface area contributed by atoms with E-state index in [4.69, 9.17) is 4.74 Å². The zero-order valence-corrected chi connectivity index (χ0v) is 15.0. The molecule has 0 radical (unpaired) electrons. The lowest BCUT2D eigenvalue weighted by molar-refractivity contribution is -0.134. The molecule has 0 unspecified atom stereocenters. The van der Waals surface area contributed by atoms with Gasteiger partial charge in [-0.1, -0.05) is 37.3 Å². The van der Waals surface area contributed by atoms with Crippen LogP contribution in [0, 0.1) is 0 Å². The van der Waals surface area contributed by atoms with Crippen molar-refractivity contribution < 1.29 is 9.53 Å². The number of carbonyl (C=O) groups excluding carboxylic acids is 1. The third-order valence-corrected chi connectivity index (χ3v) is 3.83. The first-order valence-electron chi connectivity index (χ1n) is 8.61. The molecular formula is C19H32N2O2. The maximum Gasteiger partial charge on any atom is 0.224 e. The van der Waals surface area contributed by atoms with Gasteiger partial charge >= 0.3 is 0 Å². The van der Waals surface area contributed by atoms with E-state index in [-0.39, 0.29) is 5.91 Å². The molecule has 1 rings (SSSR count). The second-order valence-electron chi connectivity index (χ2n) is 6.21. The van der Waals surface area contributed by atoms with Gasteiger partial charge in [0.05, 0.1) is 13.0 Å².